The van der Waals surface area contributed by atoms with Crippen LogP contribution in [0.1, 0.15) is 31.5 Å². The molecule has 1 N–H and O–H groups in total. The highest BCUT2D eigenvalue weighted by Gasteiger charge is 2.25. The fourth-order valence-corrected chi connectivity index (χ4v) is 4.78. The summed E-state index contributed by atoms with van der Waals surface area (Å²) >= 11 is 1.66. The minimum absolute atomic E-state index is 0.0615. The number of amides is 1. The van der Waals surface area contributed by atoms with Crippen molar-refractivity contribution in [1.82, 2.24) is 29.9 Å². The van der Waals surface area contributed by atoms with E-state index in [2.05, 4.69) is 39.4 Å². The molecule has 3 rings (SSSR count). The van der Waals surface area contributed by atoms with Gasteiger partial charge in [-0.25, -0.2) is 0 Å². The Morgan fingerprint density at radius 3 is 2.90 bits per heavy atom. The Morgan fingerprint density at radius 2 is 2.13 bits per heavy atom. The number of rotatable bonds is 9. The number of hydrogen-bond donors (Lipinski definition) is 1. The number of thioether (sulfide) groups is 1. The summed E-state index contributed by atoms with van der Waals surface area (Å²) in [7, 11) is 7.80. The normalized spacial score (nSPS) is 17.5. The molecule has 0 bridgehead atoms. The van der Waals surface area contributed by atoms with Crippen LogP contribution in [0.4, 0.5) is 0 Å². The van der Waals surface area contributed by atoms with E-state index < -0.39 is 0 Å². The van der Waals surface area contributed by atoms with Crippen molar-refractivity contribution in [2.75, 3.05) is 47.1 Å². The second-order valence-corrected chi connectivity index (χ2v) is 9.21. The molecule has 9 heteroatoms. The van der Waals surface area contributed by atoms with Gasteiger partial charge in [-0.2, -0.15) is 0 Å². The second-order valence-electron chi connectivity index (χ2n) is 8.15. The Bertz CT molecular complexity index is 856. The summed E-state index contributed by atoms with van der Waals surface area (Å²) < 4.78 is 7.42. The van der Waals surface area contributed by atoms with Gasteiger partial charge in [0.2, 0.25) is 5.91 Å². The first-order valence-electron chi connectivity index (χ1n) is 10.8. The molecule has 0 radical (unpaired) electrons. The van der Waals surface area contributed by atoms with Gasteiger partial charge in [0.1, 0.15) is 5.75 Å². The molecule has 1 aromatic heterocycles. The van der Waals surface area contributed by atoms with Crippen molar-refractivity contribution in [2.45, 2.75) is 43.4 Å². The van der Waals surface area contributed by atoms with Crippen molar-refractivity contribution in [3.8, 4) is 11.4 Å². The fourth-order valence-electron chi connectivity index (χ4n) is 3.70. The molecule has 1 aliphatic rings. The van der Waals surface area contributed by atoms with E-state index in [0.29, 0.717) is 12.4 Å². The first kappa shape index (κ1) is 23.6. The van der Waals surface area contributed by atoms with Crippen LogP contribution >= 0.6 is 11.8 Å². The molecule has 31 heavy (non-hydrogen) atoms. The molecular weight excluding hydrogens is 412 g/mol. The molecule has 2 heterocycles. The highest BCUT2D eigenvalue weighted by Crippen LogP contribution is 2.25. The van der Waals surface area contributed by atoms with E-state index in [1.165, 1.54) is 6.42 Å². The summed E-state index contributed by atoms with van der Waals surface area (Å²) in [5, 5.41) is 12.7. The van der Waals surface area contributed by atoms with Crippen LogP contribution in [0, 0.1) is 0 Å². The number of ether oxygens (including phenoxy) is 1. The summed E-state index contributed by atoms with van der Waals surface area (Å²) in [5.41, 5.74) is 0.924. The Morgan fingerprint density at radius 1 is 1.29 bits per heavy atom. The topological polar surface area (TPSA) is 75.5 Å². The van der Waals surface area contributed by atoms with Crippen molar-refractivity contribution in [3.05, 3.63) is 30.1 Å². The lowest BCUT2D eigenvalue weighted by Crippen LogP contribution is -2.44. The Balaban J connectivity index is 1.78. The maximum Gasteiger partial charge on any atom is 0.237 e. The van der Waals surface area contributed by atoms with Crippen molar-refractivity contribution in [3.63, 3.8) is 0 Å². The van der Waals surface area contributed by atoms with Gasteiger partial charge < -0.3 is 15.0 Å². The third-order valence-electron chi connectivity index (χ3n) is 5.53. The number of carbonyl (C=O) groups excluding carboxylic acids is 1. The highest BCUT2D eigenvalue weighted by atomic mass is 32.2. The Kier molecular flexibility index (Phi) is 8.74. The van der Waals surface area contributed by atoms with E-state index in [4.69, 9.17) is 4.74 Å². The lowest BCUT2D eigenvalue weighted by Gasteiger charge is -2.24. The van der Waals surface area contributed by atoms with Crippen molar-refractivity contribution in [1.29, 1.82) is 0 Å². The van der Waals surface area contributed by atoms with Gasteiger partial charge in [-0.3, -0.25) is 14.3 Å². The monoisotopic (exact) mass is 446 g/mol. The number of benzene rings is 1. The second kappa shape index (κ2) is 11.5. The van der Waals surface area contributed by atoms with Gasteiger partial charge in [-0.15, -0.1) is 10.2 Å². The molecule has 0 saturated carbocycles. The van der Waals surface area contributed by atoms with Gasteiger partial charge >= 0.3 is 0 Å². The number of likely N-dealkylation sites (N-methyl/N-ethyl adjacent to an activating group) is 1. The number of carbonyl (C=O) groups is 1. The van der Waals surface area contributed by atoms with Gasteiger partial charge in [0.25, 0.3) is 0 Å². The average molecular weight is 447 g/mol. The molecule has 0 spiro atoms. The third kappa shape index (κ3) is 6.44. The molecule has 2 aromatic rings. The Labute approximate surface area is 189 Å². The Hall–Kier alpha value is -2.10. The molecule has 1 fully saturated rings. The van der Waals surface area contributed by atoms with E-state index in [0.717, 1.165) is 54.7 Å². The quantitative estimate of drug-likeness (QED) is 0.593. The summed E-state index contributed by atoms with van der Waals surface area (Å²) in [6.45, 7) is 2.24. The molecule has 1 aliphatic heterocycles. The van der Waals surface area contributed by atoms with E-state index >= 15 is 0 Å². The highest BCUT2D eigenvalue weighted by molar-refractivity contribution is 7.99. The van der Waals surface area contributed by atoms with Gasteiger partial charge in [0.15, 0.2) is 11.0 Å². The van der Waals surface area contributed by atoms with Crippen LogP contribution in [-0.4, -0.2) is 83.6 Å². The minimum Gasteiger partial charge on any atom is -0.497 e. The number of likely N-dealkylation sites (tertiary alicyclic amines) is 1. The number of methoxy groups -OCH3 is 1. The van der Waals surface area contributed by atoms with E-state index in [1.807, 2.05) is 35.9 Å². The zero-order chi connectivity index (χ0) is 22.2. The van der Waals surface area contributed by atoms with Gasteiger partial charge in [-0.1, -0.05) is 30.7 Å². The first-order chi connectivity index (χ1) is 15.0. The molecule has 170 valence electrons. The van der Waals surface area contributed by atoms with Gasteiger partial charge in [-0.05, 0) is 52.7 Å². The maximum atomic E-state index is 12.9. The van der Waals surface area contributed by atoms with Crippen LogP contribution < -0.4 is 10.1 Å². The molecule has 1 atom stereocenters. The number of nitrogens with one attached hydrogen (secondary N) is 1. The SMILES string of the molecule is COc1cccc(-n2c(CNC(=O)C3CCCCCN3C)nnc2SCCN(C)C)c1. The van der Waals surface area contributed by atoms with E-state index in [1.54, 1.807) is 18.9 Å². The predicted molar refractivity (Wildman–Crippen MR) is 124 cm³/mol. The zero-order valence-corrected chi connectivity index (χ0v) is 19.8. The zero-order valence-electron chi connectivity index (χ0n) is 19.0. The summed E-state index contributed by atoms with van der Waals surface area (Å²) in [6, 6.07) is 7.75. The number of aromatic nitrogens is 3. The standard InChI is InChI=1S/C22H34N6O2S/c1-26(2)13-14-31-22-25-24-20(28(22)17-9-8-10-18(15-17)30-4)16-23-21(29)19-11-6-5-7-12-27(19)3/h8-10,15,19H,5-7,11-14,16H2,1-4H3,(H,23,29). The lowest BCUT2D eigenvalue weighted by molar-refractivity contribution is -0.126. The smallest absolute Gasteiger partial charge is 0.237 e. The molecule has 1 unspecified atom stereocenters. The molecule has 1 amide bonds. The first-order valence-corrected chi connectivity index (χ1v) is 11.8. The van der Waals surface area contributed by atoms with Gasteiger partial charge in [0, 0.05) is 18.4 Å². The fraction of sp³-hybridized carbons (Fsp3) is 0.591. The van der Waals surface area contributed by atoms with Crippen LogP contribution in [0.2, 0.25) is 0 Å². The molecule has 1 saturated heterocycles. The van der Waals surface area contributed by atoms with Crippen LogP contribution in [0.5, 0.6) is 5.75 Å². The van der Waals surface area contributed by atoms with Crippen molar-refractivity contribution < 1.29 is 9.53 Å². The molecule has 1 aromatic carbocycles. The maximum absolute atomic E-state index is 12.9. The third-order valence-corrected chi connectivity index (χ3v) is 6.43. The lowest BCUT2D eigenvalue weighted by atomic mass is 10.1. The summed E-state index contributed by atoms with van der Waals surface area (Å²) in [5.74, 6) is 2.44. The van der Waals surface area contributed by atoms with Crippen LogP contribution in [0.15, 0.2) is 29.4 Å². The predicted octanol–water partition coefficient (Wildman–Crippen LogP) is 2.42. The minimum atomic E-state index is -0.0790. The summed E-state index contributed by atoms with van der Waals surface area (Å²) in [4.78, 5) is 17.2. The van der Waals surface area contributed by atoms with Crippen LogP contribution in [0.25, 0.3) is 5.69 Å². The largest absolute Gasteiger partial charge is 0.497 e. The van der Waals surface area contributed by atoms with Gasteiger partial charge in [0.05, 0.1) is 25.4 Å². The van der Waals surface area contributed by atoms with Crippen LogP contribution in [0.3, 0.4) is 0 Å². The number of nitrogens with zero attached hydrogens (tertiary/aromatic N) is 5. The number of hydrogen-bond acceptors (Lipinski definition) is 7. The van der Waals surface area contributed by atoms with Crippen LogP contribution in [-0.2, 0) is 11.3 Å². The summed E-state index contributed by atoms with van der Waals surface area (Å²) in [6.07, 6.45) is 4.33. The molecule has 8 nitrogen and oxygen atoms in total. The van der Waals surface area contributed by atoms with Crippen molar-refractivity contribution in [2.24, 2.45) is 0 Å². The van der Waals surface area contributed by atoms with E-state index in [-0.39, 0.29) is 11.9 Å². The van der Waals surface area contributed by atoms with Crippen molar-refractivity contribution >= 4 is 17.7 Å². The van der Waals surface area contributed by atoms with E-state index in [9.17, 15) is 4.79 Å². The molecule has 0 aliphatic carbocycles. The molecular formula is C22H34N6O2S. The average Bonchev–Trinajstić information content (AvgIpc) is 3.03.